The number of alkyl halides is 5. The van der Waals surface area contributed by atoms with Gasteiger partial charge in [-0.15, -0.1) is 18.3 Å². The van der Waals surface area contributed by atoms with Crippen LogP contribution in [0, 0.1) is 11.6 Å². The summed E-state index contributed by atoms with van der Waals surface area (Å²) in [5.74, 6) is -6.64. The highest BCUT2D eigenvalue weighted by Crippen LogP contribution is 2.66. The summed E-state index contributed by atoms with van der Waals surface area (Å²) in [5, 5.41) is 10.3. The van der Waals surface area contributed by atoms with Crippen LogP contribution in [0.5, 0.6) is 5.75 Å². The topological polar surface area (TPSA) is 78.2 Å². The van der Waals surface area contributed by atoms with Crippen molar-refractivity contribution in [3.8, 4) is 16.9 Å². The van der Waals surface area contributed by atoms with Crippen LogP contribution in [0.15, 0.2) is 67.1 Å². The van der Waals surface area contributed by atoms with Crippen molar-refractivity contribution in [3.63, 3.8) is 0 Å². The summed E-state index contributed by atoms with van der Waals surface area (Å²) in [6.45, 7) is 0. The molecule has 0 radical (unpaired) electrons. The van der Waals surface area contributed by atoms with Crippen LogP contribution in [0.3, 0.4) is 0 Å². The maximum absolute atomic E-state index is 15.9. The molecule has 0 saturated carbocycles. The Hall–Kier alpha value is -4.07. The van der Waals surface area contributed by atoms with Gasteiger partial charge in [0.1, 0.15) is 29.4 Å². The molecule has 0 N–H and O–H groups in total. The Morgan fingerprint density at radius 3 is 2.22 bits per heavy atom. The number of hydrogen-bond donors (Lipinski definition) is 0. The second-order valence-electron chi connectivity index (χ2n) is 7.70. The molecule has 2 unspecified atom stereocenters. The zero-order valence-corrected chi connectivity index (χ0v) is 17.6. The summed E-state index contributed by atoms with van der Waals surface area (Å²) in [6.07, 6.45) is -4.30. The molecule has 36 heavy (non-hydrogen) atoms. The van der Waals surface area contributed by atoms with E-state index >= 15 is 8.78 Å². The van der Waals surface area contributed by atoms with Crippen molar-refractivity contribution >= 4 is 0 Å². The first-order valence-electron chi connectivity index (χ1n) is 10.1. The molecule has 4 aromatic rings. The van der Waals surface area contributed by atoms with E-state index in [1.54, 1.807) is 0 Å². The number of benzene rings is 2. The maximum Gasteiger partial charge on any atom is 0.573 e. The smallest absolute Gasteiger partial charge is 0.406 e. The van der Waals surface area contributed by atoms with Gasteiger partial charge in [-0.25, -0.2) is 13.5 Å². The van der Waals surface area contributed by atoms with Gasteiger partial charge in [0.15, 0.2) is 6.23 Å². The summed E-state index contributed by atoms with van der Waals surface area (Å²) in [4.78, 5) is 3.80. The lowest BCUT2D eigenvalue weighted by molar-refractivity contribution is -0.274. The number of epoxide rings is 1. The fourth-order valence-corrected chi connectivity index (χ4v) is 3.83. The molecule has 3 heterocycles. The Morgan fingerprint density at radius 1 is 0.917 bits per heavy atom. The Balaban J connectivity index is 1.48. The largest absolute Gasteiger partial charge is 0.573 e. The van der Waals surface area contributed by atoms with Gasteiger partial charge in [-0.2, -0.15) is 8.78 Å². The van der Waals surface area contributed by atoms with E-state index in [4.69, 9.17) is 4.74 Å². The van der Waals surface area contributed by atoms with Gasteiger partial charge in [0, 0.05) is 23.4 Å². The lowest BCUT2D eigenvalue weighted by atomic mass is 9.88. The van der Waals surface area contributed by atoms with E-state index in [2.05, 4.69) is 25.2 Å². The second kappa shape index (κ2) is 8.26. The number of pyridine rings is 1. The molecule has 2 aromatic heterocycles. The molecule has 186 valence electrons. The zero-order valence-electron chi connectivity index (χ0n) is 17.6. The highest BCUT2D eigenvalue weighted by molar-refractivity contribution is 5.63. The van der Waals surface area contributed by atoms with Gasteiger partial charge in [0.2, 0.25) is 5.60 Å². The molecule has 1 aliphatic heterocycles. The monoisotopic (exact) mass is 511 g/mol. The molecule has 2 atom stereocenters. The van der Waals surface area contributed by atoms with Crippen molar-refractivity contribution in [2.75, 3.05) is 0 Å². The normalized spacial score (nSPS) is 19.8. The molecule has 0 aliphatic carbocycles. The van der Waals surface area contributed by atoms with Crippen molar-refractivity contribution in [2.24, 2.45) is 0 Å². The number of halogens is 7. The van der Waals surface area contributed by atoms with Gasteiger partial charge in [-0.1, -0.05) is 18.2 Å². The van der Waals surface area contributed by atoms with Gasteiger partial charge in [-0.3, -0.25) is 4.98 Å². The highest BCUT2D eigenvalue weighted by atomic mass is 19.4. The minimum Gasteiger partial charge on any atom is -0.406 e. The van der Waals surface area contributed by atoms with E-state index in [0.29, 0.717) is 17.2 Å². The van der Waals surface area contributed by atoms with Gasteiger partial charge in [-0.05, 0) is 46.3 Å². The number of rotatable bonds is 6. The van der Waals surface area contributed by atoms with Gasteiger partial charge in [0.25, 0.3) is 0 Å². The van der Waals surface area contributed by atoms with Crippen LogP contribution in [0.25, 0.3) is 11.1 Å². The van der Waals surface area contributed by atoms with Gasteiger partial charge < -0.3 is 9.47 Å². The molecule has 0 amide bonds. The average Bonchev–Trinajstić information content (AvgIpc) is 3.34. The van der Waals surface area contributed by atoms with Gasteiger partial charge >= 0.3 is 12.3 Å². The number of nitrogens with zero attached hydrogens (tertiary/aromatic N) is 5. The Labute approximate surface area is 197 Å². The van der Waals surface area contributed by atoms with E-state index in [0.717, 1.165) is 47.5 Å². The summed E-state index contributed by atoms with van der Waals surface area (Å²) < 4.78 is 107. The summed E-state index contributed by atoms with van der Waals surface area (Å²) >= 11 is 0. The van der Waals surface area contributed by atoms with Crippen LogP contribution in [-0.2, 0) is 16.3 Å². The van der Waals surface area contributed by atoms with Crippen LogP contribution < -0.4 is 4.74 Å². The number of hydrogen-bond acceptors (Lipinski definition) is 6. The molecular weight excluding hydrogens is 499 g/mol. The van der Waals surface area contributed by atoms with Crippen molar-refractivity contribution in [1.82, 2.24) is 25.2 Å². The first-order valence-corrected chi connectivity index (χ1v) is 10.1. The van der Waals surface area contributed by atoms with Crippen molar-refractivity contribution in [2.45, 2.75) is 24.1 Å². The fourth-order valence-electron chi connectivity index (χ4n) is 3.83. The molecule has 0 spiro atoms. The van der Waals surface area contributed by atoms with E-state index in [-0.39, 0.29) is 0 Å². The molecule has 1 saturated heterocycles. The molecular formula is C22H12F7N5O2. The predicted molar refractivity (Wildman–Crippen MR) is 106 cm³/mol. The first kappa shape index (κ1) is 23.7. The highest BCUT2D eigenvalue weighted by Gasteiger charge is 2.76. The minimum atomic E-state index is -4.86. The lowest BCUT2D eigenvalue weighted by Crippen LogP contribution is -2.36. The van der Waals surface area contributed by atoms with Crippen molar-refractivity contribution < 1.29 is 40.2 Å². The molecule has 0 bridgehead atoms. The van der Waals surface area contributed by atoms with Crippen molar-refractivity contribution in [1.29, 1.82) is 0 Å². The van der Waals surface area contributed by atoms with Crippen LogP contribution in [0.4, 0.5) is 30.7 Å². The fraction of sp³-hybridized carbons (Fsp3) is 0.182. The van der Waals surface area contributed by atoms with E-state index in [1.807, 2.05) is 0 Å². The average molecular weight is 511 g/mol. The number of aromatic nitrogens is 5. The molecule has 5 rings (SSSR count). The van der Waals surface area contributed by atoms with E-state index in [1.165, 1.54) is 18.2 Å². The number of tetrazole rings is 1. The maximum atomic E-state index is 15.9. The Bertz CT molecular complexity index is 1380. The lowest BCUT2D eigenvalue weighted by Gasteiger charge is -2.25. The molecule has 2 aromatic carbocycles. The van der Waals surface area contributed by atoms with Crippen LogP contribution in [0.2, 0.25) is 0 Å². The minimum absolute atomic E-state index is 0.309. The second-order valence-corrected chi connectivity index (χ2v) is 7.70. The SMILES string of the molecule is Fc1ccc(C2(C(F)(F)c3ccc(-c4ccc(OC(F)(F)F)cc4)cn3)OC2n2cnnn2)c(F)c1. The Kier molecular flexibility index (Phi) is 5.43. The molecule has 14 heteroatoms. The van der Waals surface area contributed by atoms with Crippen molar-refractivity contribution in [3.05, 3.63) is 90.0 Å². The summed E-state index contributed by atoms with van der Waals surface area (Å²) in [7, 11) is 0. The van der Waals surface area contributed by atoms with Gasteiger partial charge in [0.05, 0.1) is 0 Å². The van der Waals surface area contributed by atoms with E-state index in [9.17, 15) is 22.0 Å². The first-order chi connectivity index (χ1) is 17.0. The third kappa shape index (κ3) is 4.02. The van der Waals surface area contributed by atoms with Crippen LogP contribution >= 0.6 is 0 Å². The standard InChI is InChI=1S/C22H12F7N5O2/c23-14-4-7-16(17(24)9-14)20(19(36-20)34-11-31-32-33-34)21(25,26)18-8-3-13(10-30-18)12-1-5-15(6-2-12)35-22(27,28)29/h1-11,19H. The quantitative estimate of drug-likeness (QED) is 0.264. The third-order valence-electron chi connectivity index (χ3n) is 5.50. The summed E-state index contributed by atoms with van der Waals surface area (Å²) in [6, 6.07) is 9.06. The Morgan fingerprint density at radius 2 is 1.64 bits per heavy atom. The van der Waals surface area contributed by atoms with Crippen LogP contribution in [-0.4, -0.2) is 31.6 Å². The molecule has 7 nitrogen and oxygen atoms in total. The third-order valence-corrected chi connectivity index (χ3v) is 5.50. The predicted octanol–water partition coefficient (Wildman–Crippen LogP) is 5.13. The van der Waals surface area contributed by atoms with E-state index < -0.39 is 52.8 Å². The molecule has 1 fully saturated rings. The number of ether oxygens (including phenoxy) is 2. The zero-order chi connectivity index (χ0) is 25.7. The molecule has 1 aliphatic rings. The summed E-state index contributed by atoms with van der Waals surface area (Å²) in [5.41, 5.74) is -3.38. The van der Waals surface area contributed by atoms with Crippen LogP contribution in [0.1, 0.15) is 17.5 Å².